The number of carbonyl (C=O) groups is 3. The van der Waals surface area contributed by atoms with Gasteiger partial charge in [0, 0.05) is 13.1 Å². The van der Waals surface area contributed by atoms with Crippen LogP contribution < -0.4 is 5.32 Å². The van der Waals surface area contributed by atoms with E-state index in [2.05, 4.69) is 4.74 Å². The summed E-state index contributed by atoms with van der Waals surface area (Å²) in [6, 6.07) is 4.12. The molecule has 0 fully saturated rings. The third-order valence-corrected chi connectivity index (χ3v) is 5.88. The average Bonchev–Trinajstić information content (AvgIpc) is 2.62. The van der Waals surface area contributed by atoms with Crippen LogP contribution in [0.15, 0.2) is 23.1 Å². The number of imide groups is 1. The number of hydrogen-bond acceptors (Lipinski definition) is 7. The van der Waals surface area contributed by atoms with Gasteiger partial charge in [-0.3, -0.25) is 10.1 Å². The smallest absolute Gasteiger partial charge is 0.413 e. The molecule has 0 saturated heterocycles. The van der Waals surface area contributed by atoms with Crippen molar-refractivity contribution in [1.82, 2.24) is 9.62 Å². The maximum absolute atomic E-state index is 12.6. The summed E-state index contributed by atoms with van der Waals surface area (Å²) in [5.41, 5.74) is 0.500. The lowest BCUT2D eigenvalue weighted by molar-refractivity contribution is -0.128. The van der Waals surface area contributed by atoms with Gasteiger partial charge in [0.05, 0.1) is 17.6 Å². The summed E-state index contributed by atoms with van der Waals surface area (Å²) in [7, 11) is -2.67. The Bertz CT molecular complexity index is 817. The molecule has 0 heterocycles. The SMILES string of the molecule is CCN(CC)S(=O)(=O)c1ccc(C)c(C(=O)O[C@H](C)C(=O)NC(=O)OC)c1. The lowest BCUT2D eigenvalue weighted by Gasteiger charge is -2.19. The normalized spacial score (nSPS) is 12.4. The van der Waals surface area contributed by atoms with Crippen molar-refractivity contribution < 1.29 is 32.3 Å². The summed E-state index contributed by atoms with van der Waals surface area (Å²) >= 11 is 0. The van der Waals surface area contributed by atoms with Gasteiger partial charge >= 0.3 is 12.1 Å². The highest BCUT2D eigenvalue weighted by Gasteiger charge is 2.26. The number of rotatable bonds is 7. The molecule has 0 aliphatic heterocycles. The van der Waals surface area contributed by atoms with Crippen LogP contribution in [0.5, 0.6) is 0 Å². The fourth-order valence-electron chi connectivity index (χ4n) is 2.22. The minimum Gasteiger partial charge on any atom is -0.453 e. The van der Waals surface area contributed by atoms with Gasteiger partial charge < -0.3 is 9.47 Å². The van der Waals surface area contributed by atoms with Crippen molar-refractivity contribution in [3.63, 3.8) is 0 Å². The van der Waals surface area contributed by atoms with Crippen LogP contribution in [-0.4, -0.2) is 57.0 Å². The van der Waals surface area contributed by atoms with E-state index >= 15 is 0 Å². The fraction of sp³-hybridized carbons (Fsp3) is 0.471. The molecule has 0 aliphatic carbocycles. The molecule has 1 atom stereocenters. The van der Waals surface area contributed by atoms with Crippen LogP contribution in [0, 0.1) is 6.92 Å². The maximum atomic E-state index is 12.6. The molecule has 0 bridgehead atoms. The number of carbonyl (C=O) groups excluding carboxylic acids is 3. The van der Waals surface area contributed by atoms with E-state index in [0.717, 1.165) is 7.11 Å². The second-order valence-corrected chi connectivity index (χ2v) is 7.53. The van der Waals surface area contributed by atoms with E-state index in [-0.39, 0.29) is 23.5 Å². The van der Waals surface area contributed by atoms with Crippen LogP contribution in [0.3, 0.4) is 0 Å². The first-order valence-electron chi connectivity index (χ1n) is 8.29. The van der Waals surface area contributed by atoms with Gasteiger partial charge in [-0.2, -0.15) is 4.31 Å². The van der Waals surface area contributed by atoms with Crippen LogP contribution in [-0.2, 0) is 24.3 Å². The number of sulfonamides is 1. The Hall–Kier alpha value is -2.46. The lowest BCUT2D eigenvalue weighted by Crippen LogP contribution is -2.39. The minimum absolute atomic E-state index is 0.0148. The molecule has 27 heavy (non-hydrogen) atoms. The van der Waals surface area contributed by atoms with Gasteiger partial charge in [0.15, 0.2) is 6.10 Å². The zero-order valence-corrected chi connectivity index (χ0v) is 16.8. The lowest BCUT2D eigenvalue weighted by atomic mass is 10.1. The van der Waals surface area contributed by atoms with E-state index in [1.807, 2.05) is 5.32 Å². The van der Waals surface area contributed by atoms with Gasteiger partial charge in [-0.1, -0.05) is 19.9 Å². The summed E-state index contributed by atoms with van der Waals surface area (Å²) in [4.78, 5) is 35.2. The third kappa shape index (κ3) is 5.51. The molecule has 2 amide bonds. The number of hydrogen-bond donors (Lipinski definition) is 1. The monoisotopic (exact) mass is 400 g/mol. The highest BCUT2D eigenvalue weighted by atomic mass is 32.2. The Kier molecular flexibility index (Phi) is 7.92. The number of amides is 2. The Morgan fingerprint density at radius 3 is 2.30 bits per heavy atom. The highest BCUT2D eigenvalue weighted by molar-refractivity contribution is 7.89. The number of benzene rings is 1. The first kappa shape index (κ1) is 22.6. The molecular formula is C17H24N2O7S. The molecule has 1 rings (SSSR count). The van der Waals surface area contributed by atoms with Crippen molar-refractivity contribution in [3.05, 3.63) is 29.3 Å². The van der Waals surface area contributed by atoms with Crippen LogP contribution in [0.1, 0.15) is 36.7 Å². The predicted octanol–water partition coefficient (Wildman–Crippen LogP) is 1.45. The number of esters is 1. The van der Waals surface area contributed by atoms with E-state index in [1.54, 1.807) is 20.8 Å². The number of nitrogens with zero attached hydrogens (tertiary/aromatic N) is 1. The van der Waals surface area contributed by atoms with Crippen molar-refractivity contribution in [1.29, 1.82) is 0 Å². The minimum atomic E-state index is -3.75. The number of aryl methyl sites for hydroxylation is 1. The molecule has 9 nitrogen and oxygen atoms in total. The summed E-state index contributed by atoms with van der Waals surface area (Å²) in [6.07, 6.45) is -2.26. The van der Waals surface area contributed by atoms with Gasteiger partial charge in [0.2, 0.25) is 10.0 Å². The molecule has 1 N–H and O–H groups in total. The molecule has 0 saturated carbocycles. The molecule has 0 radical (unpaired) electrons. The molecule has 10 heteroatoms. The Morgan fingerprint density at radius 2 is 1.78 bits per heavy atom. The van der Waals surface area contributed by atoms with E-state index in [0.29, 0.717) is 5.56 Å². The zero-order valence-electron chi connectivity index (χ0n) is 15.9. The zero-order chi connectivity index (χ0) is 20.8. The summed E-state index contributed by atoms with van der Waals surface area (Å²) in [5.74, 6) is -1.74. The molecule has 0 spiro atoms. The standard InChI is InChI=1S/C17H24N2O7S/c1-6-19(7-2)27(23,24)13-9-8-11(3)14(10-13)16(21)26-12(4)15(20)18-17(22)25-5/h8-10,12H,6-7H2,1-5H3,(H,18,20,22)/t12-/m1/s1. The average molecular weight is 400 g/mol. The van der Waals surface area contributed by atoms with Gasteiger partial charge in [-0.05, 0) is 31.5 Å². The first-order valence-corrected chi connectivity index (χ1v) is 9.73. The second-order valence-electron chi connectivity index (χ2n) is 5.59. The molecule has 1 aromatic carbocycles. The Morgan fingerprint density at radius 1 is 1.19 bits per heavy atom. The van der Waals surface area contributed by atoms with Crippen LogP contribution in [0.4, 0.5) is 4.79 Å². The number of nitrogens with one attached hydrogen (secondary N) is 1. The van der Waals surface area contributed by atoms with E-state index in [1.165, 1.54) is 29.4 Å². The van der Waals surface area contributed by atoms with Crippen LogP contribution in [0.25, 0.3) is 0 Å². The van der Waals surface area contributed by atoms with Crippen LogP contribution in [0.2, 0.25) is 0 Å². The van der Waals surface area contributed by atoms with E-state index in [4.69, 9.17) is 4.74 Å². The molecular weight excluding hydrogens is 376 g/mol. The van der Waals surface area contributed by atoms with Crippen LogP contribution >= 0.6 is 0 Å². The number of methoxy groups -OCH3 is 1. The van der Waals surface area contributed by atoms with Gasteiger partial charge in [-0.25, -0.2) is 18.0 Å². The molecule has 0 unspecified atom stereocenters. The fourth-order valence-corrected chi connectivity index (χ4v) is 3.71. The molecule has 150 valence electrons. The highest BCUT2D eigenvalue weighted by Crippen LogP contribution is 2.20. The summed E-state index contributed by atoms with van der Waals surface area (Å²) in [6.45, 7) is 6.90. The first-order chi connectivity index (χ1) is 12.6. The summed E-state index contributed by atoms with van der Waals surface area (Å²) < 4.78 is 35.8. The Labute approximate surface area is 158 Å². The van der Waals surface area contributed by atoms with Crippen molar-refractivity contribution in [2.45, 2.75) is 38.7 Å². The predicted molar refractivity (Wildman–Crippen MR) is 96.7 cm³/mol. The topological polar surface area (TPSA) is 119 Å². The Balaban J connectivity index is 3.08. The number of ether oxygens (including phenoxy) is 2. The molecule has 0 aliphatic rings. The quantitative estimate of drug-likeness (QED) is 0.688. The van der Waals surface area contributed by atoms with E-state index in [9.17, 15) is 22.8 Å². The largest absolute Gasteiger partial charge is 0.453 e. The summed E-state index contributed by atoms with van der Waals surface area (Å²) in [5, 5.41) is 1.89. The molecule has 0 aromatic heterocycles. The number of alkyl carbamates (subject to hydrolysis) is 1. The van der Waals surface area contributed by atoms with Gasteiger partial charge in [-0.15, -0.1) is 0 Å². The molecule has 1 aromatic rings. The maximum Gasteiger partial charge on any atom is 0.413 e. The van der Waals surface area contributed by atoms with E-state index < -0.39 is 34.1 Å². The van der Waals surface area contributed by atoms with Gasteiger partial charge in [0.1, 0.15) is 0 Å². The van der Waals surface area contributed by atoms with Crippen molar-refractivity contribution in [2.24, 2.45) is 0 Å². The van der Waals surface area contributed by atoms with Gasteiger partial charge in [0.25, 0.3) is 5.91 Å². The van der Waals surface area contributed by atoms with Crippen molar-refractivity contribution in [3.8, 4) is 0 Å². The van der Waals surface area contributed by atoms with Crippen molar-refractivity contribution >= 4 is 28.0 Å². The van der Waals surface area contributed by atoms with Crippen molar-refractivity contribution in [2.75, 3.05) is 20.2 Å². The second kappa shape index (κ2) is 9.47. The third-order valence-electron chi connectivity index (χ3n) is 3.84.